The average molecular weight is 420 g/mol. The van der Waals surface area contributed by atoms with Gasteiger partial charge in [-0.3, -0.25) is 9.36 Å². The number of fused-ring (bicyclic) bond motifs is 1. The van der Waals surface area contributed by atoms with E-state index in [4.69, 9.17) is 9.40 Å². The van der Waals surface area contributed by atoms with Crippen molar-refractivity contribution in [3.8, 4) is 0 Å². The minimum absolute atomic E-state index is 0.0888. The molecule has 0 aliphatic heterocycles. The normalized spacial score (nSPS) is 12.1. The van der Waals surface area contributed by atoms with Crippen molar-refractivity contribution in [3.63, 3.8) is 0 Å². The number of benzene rings is 2. The molecular weight excluding hydrogens is 400 g/mol. The summed E-state index contributed by atoms with van der Waals surface area (Å²) in [4.78, 5) is 29.7. The van der Waals surface area contributed by atoms with Crippen molar-refractivity contribution < 1.29 is 13.9 Å². The van der Waals surface area contributed by atoms with Gasteiger partial charge >= 0.3 is 5.97 Å². The van der Waals surface area contributed by atoms with Gasteiger partial charge in [-0.2, -0.15) is 0 Å². The lowest BCUT2D eigenvalue weighted by atomic mass is 10.1. The van der Waals surface area contributed by atoms with Crippen molar-refractivity contribution in [2.45, 2.75) is 23.9 Å². The van der Waals surface area contributed by atoms with Crippen molar-refractivity contribution in [2.24, 2.45) is 0 Å². The van der Waals surface area contributed by atoms with Crippen molar-refractivity contribution in [2.75, 3.05) is 7.11 Å². The standard InChI is InChI=1S/C23H20N2O4S/c1-15(16-8-4-3-5-9-16)25-21(26)18-10-6-7-11-19(18)24-23(25)30-14-17-12-13-20(29-17)22(27)28-2/h3-13,15H,14H2,1-2H3. The third-order valence-electron chi connectivity index (χ3n) is 4.84. The number of para-hydroxylation sites is 1. The third kappa shape index (κ3) is 3.89. The number of ether oxygens (including phenoxy) is 1. The summed E-state index contributed by atoms with van der Waals surface area (Å²) in [5.41, 5.74) is 1.58. The summed E-state index contributed by atoms with van der Waals surface area (Å²) >= 11 is 1.39. The first kappa shape index (κ1) is 20.0. The van der Waals surface area contributed by atoms with E-state index in [1.165, 1.54) is 18.9 Å². The molecule has 6 nitrogen and oxygen atoms in total. The molecule has 0 amide bonds. The number of carbonyl (C=O) groups excluding carboxylic acids is 1. The summed E-state index contributed by atoms with van der Waals surface area (Å²) in [5.74, 6) is 0.643. The predicted molar refractivity (Wildman–Crippen MR) is 116 cm³/mol. The number of rotatable bonds is 6. The summed E-state index contributed by atoms with van der Waals surface area (Å²) < 4.78 is 11.9. The number of carbonyl (C=O) groups is 1. The zero-order valence-electron chi connectivity index (χ0n) is 16.6. The molecular formula is C23H20N2O4S. The molecule has 0 spiro atoms. The minimum atomic E-state index is -0.523. The molecule has 2 aromatic heterocycles. The van der Waals surface area contributed by atoms with E-state index >= 15 is 0 Å². The van der Waals surface area contributed by atoms with Gasteiger partial charge in [-0.05, 0) is 36.8 Å². The van der Waals surface area contributed by atoms with Gasteiger partial charge in [0.2, 0.25) is 5.76 Å². The monoisotopic (exact) mass is 420 g/mol. The van der Waals surface area contributed by atoms with E-state index in [1.807, 2.05) is 55.5 Å². The molecule has 0 aliphatic carbocycles. The Bertz CT molecular complexity index is 1250. The van der Waals surface area contributed by atoms with Crippen LogP contribution in [0.2, 0.25) is 0 Å². The van der Waals surface area contributed by atoms with Gasteiger partial charge in [-0.1, -0.05) is 54.2 Å². The lowest BCUT2D eigenvalue weighted by molar-refractivity contribution is 0.0563. The molecule has 4 rings (SSSR count). The van der Waals surface area contributed by atoms with Crippen LogP contribution in [0.3, 0.4) is 0 Å². The first-order valence-corrected chi connectivity index (χ1v) is 10.4. The van der Waals surface area contributed by atoms with Gasteiger partial charge < -0.3 is 9.15 Å². The van der Waals surface area contributed by atoms with Gasteiger partial charge in [0.1, 0.15) is 5.76 Å². The zero-order valence-corrected chi connectivity index (χ0v) is 17.4. The van der Waals surface area contributed by atoms with E-state index in [-0.39, 0.29) is 17.4 Å². The van der Waals surface area contributed by atoms with Gasteiger partial charge in [-0.25, -0.2) is 9.78 Å². The van der Waals surface area contributed by atoms with Crippen LogP contribution in [0.25, 0.3) is 10.9 Å². The third-order valence-corrected chi connectivity index (χ3v) is 5.81. The fourth-order valence-corrected chi connectivity index (χ4v) is 4.22. The van der Waals surface area contributed by atoms with E-state index < -0.39 is 5.97 Å². The number of methoxy groups -OCH3 is 1. The zero-order chi connectivity index (χ0) is 21.1. The molecule has 1 atom stereocenters. The van der Waals surface area contributed by atoms with Gasteiger partial charge in [0.15, 0.2) is 5.16 Å². The van der Waals surface area contributed by atoms with Gasteiger partial charge in [0.25, 0.3) is 5.56 Å². The Kier molecular flexibility index (Phi) is 5.72. The van der Waals surface area contributed by atoms with Crippen LogP contribution in [0.1, 0.15) is 34.8 Å². The van der Waals surface area contributed by atoms with Crippen molar-refractivity contribution in [3.05, 3.63) is 94.2 Å². The Morgan fingerprint density at radius 3 is 2.60 bits per heavy atom. The van der Waals surface area contributed by atoms with E-state index in [0.717, 1.165) is 5.56 Å². The molecule has 30 heavy (non-hydrogen) atoms. The first-order chi connectivity index (χ1) is 14.6. The van der Waals surface area contributed by atoms with E-state index in [1.54, 1.807) is 22.8 Å². The van der Waals surface area contributed by atoms with Gasteiger partial charge in [0, 0.05) is 0 Å². The molecule has 152 valence electrons. The predicted octanol–water partition coefficient (Wildman–Crippen LogP) is 4.68. The highest BCUT2D eigenvalue weighted by Crippen LogP contribution is 2.27. The van der Waals surface area contributed by atoms with Crippen LogP contribution in [-0.2, 0) is 10.5 Å². The summed E-state index contributed by atoms with van der Waals surface area (Å²) in [5, 5.41) is 1.17. The largest absolute Gasteiger partial charge is 0.463 e. The number of hydrogen-bond donors (Lipinski definition) is 0. The Morgan fingerprint density at radius 2 is 1.83 bits per heavy atom. The molecule has 0 fully saturated rings. The maximum absolute atomic E-state index is 13.3. The number of aromatic nitrogens is 2. The number of nitrogens with zero attached hydrogens (tertiary/aromatic N) is 2. The summed E-state index contributed by atoms with van der Waals surface area (Å²) in [6, 6.07) is 20.3. The maximum atomic E-state index is 13.3. The quantitative estimate of drug-likeness (QED) is 0.256. The molecule has 0 bridgehead atoms. The molecule has 2 aromatic carbocycles. The SMILES string of the molecule is COC(=O)c1ccc(CSc2nc3ccccc3c(=O)n2C(C)c2ccccc2)o1. The minimum Gasteiger partial charge on any atom is -0.463 e. The lowest BCUT2D eigenvalue weighted by Crippen LogP contribution is -2.27. The molecule has 0 saturated heterocycles. The van der Waals surface area contributed by atoms with Crippen molar-refractivity contribution in [1.82, 2.24) is 9.55 Å². The molecule has 0 saturated carbocycles. The molecule has 7 heteroatoms. The van der Waals surface area contributed by atoms with Crippen LogP contribution in [0.5, 0.6) is 0 Å². The summed E-state index contributed by atoms with van der Waals surface area (Å²) in [6.07, 6.45) is 0. The Morgan fingerprint density at radius 1 is 1.10 bits per heavy atom. The summed E-state index contributed by atoms with van der Waals surface area (Å²) in [6.45, 7) is 1.99. The molecule has 0 aliphatic rings. The number of hydrogen-bond acceptors (Lipinski definition) is 6. The Balaban J connectivity index is 1.73. The van der Waals surface area contributed by atoms with Crippen LogP contribution in [0.4, 0.5) is 0 Å². The lowest BCUT2D eigenvalue weighted by Gasteiger charge is -2.19. The maximum Gasteiger partial charge on any atom is 0.373 e. The van der Waals surface area contributed by atoms with Crippen molar-refractivity contribution >= 4 is 28.6 Å². The van der Waals surface area contributed by atoms with Gasteiger partial charge in [0.05, 0.1) is 29.8 Å². The first-order valence-electron chi connectivity index (χ1n) is 9.44. The Hall–Kier alpha value is -3.32. The van der Waals surface area contributed by atoms with Crippen LogP contribution in [0, 0.1) is 0 Å². The van der Waals surface area contributed by atoms with E-state index in [2.05, 4.69) is 4.74 Å². The number of esters is 1. The van der Waals surface area contributed by atoms with Crippen LogP contribution in [-0.4, -0.2) is 22.6 Å². The topological polar surface area (TPSA) is 74.3 Å². The average Bonchev–Trinajstić information content (AvgIpc) is 3.26. The smallest absolute Gasteiger partial charge is 0.373 e. The van der Waals surface area contributed by atoms with Crippen LogP contribution >= 0.6 is 11.8 Å². The fourth-order valence-electron chi connectivity index (χ4n) is 3.25. The molecule has 1 unspecified atom stereocenters. The molecule has 2 heterocycles. The van der Waals surface area contributed by atoms with Crippen LogP contribution in [0.15, 0.2) is 81.1 Å². The Labute approximate surface area is 177 Å². The molecule has 0 N–H and O–H groups in total. The number of thioether (sulfide) groups is 1. The van der Waals surface area contributed by atoms with Crippen molar-refractivity contribution in [1.29, 1.82) is 0 Å². The van der Waals surface area contributed by atoms with Crippen LogP contribution < -0.4 is 5.56 Å². The molecule has 4 aromatic rings. The highest BCUT2D eigenvalue weighted by molar-refractivity contribution is 7.98. The highest BCUT2D eigenvalue weighted by atomic mass is 32.2. The second-order valence-electron chi connectivity index (χ2n) is 6.72. The second kappa shape index (κ2) is 8.59. The molecule has 0 radical (unpaired) electrons. The highest BCUT2D eigenvalue weighted by Gasteiger charge is 2.19. The fraction of sp³-hybridized carbons (Fsp3) is 0.174. The summed E-state index contributed by atoms with van der Waals surface area (Å²) in [7, 11) is 1.31. The van der Waals surface area contributed by atoms with E-state index in [0.29, 0.717) is 27.6 Å². The number of furan rings is 1. The van der Waals surface area contributed by atoms with Gasteiger partial charge in [-0.15, -0.1) is 0 Å². The van der Waals surface area contributed by atoms with E-state index in [9.17, 15) is 9.59 Å². The second-order valence-corrected chi connectivity index (χ2v) is 7.66.